The Morgan fingerprint density at radius 2 is 2.38 bits per heavy atom. The second kappa shape index (κ2) is 5.69. The Labute approximate surface area is 91.6 Å². The van der Waals surface area contributed by atoms with Crippen LogP contribution in [0.2, 0.25) is 0 Å². The van der Waals surface area contributed by atoms with Crippen LogP contribution in [-0.2, 0) is 14.3 Å². The zero-order chi connectivity index (χ0) is 12.0. The molecule has 0 spiro atoms. The van der Waals surface area contributed by atoms with E-state index in [-0.39, 0.29) is 12.2 Å². The highest BCUT2D eigenvalue weighted by molar-refractivity contribution is 5.95. The summed E-state index contributed by atoms with van der Waals surface area (Å²) >= 11 is 0. The Balaban J connectivity index is 2.65. The van der Waals surface area contributed by atoms with Gasteiger partial charge in [-0.05, 0) is 12.1 Å². The van der Waals surface area contributed by atoms with Crippen LogP contribution in [0.15, 0.2) is 22.8 Å². The van der Waals surface area contributed by atoms with Gasteiger partial charge in [0.05, 0.1) is 13.4 Å². The molecule has 1 aromatic heterocycles. The Bertz CT molecular complexity index is 371. The summed E-state index contributed by atoms with van der Waals surface area (Å²) in [4.78, 5) is 33.0. The highest BCUT2D eigenvalue weighted by Crippen LogP contribution is 2.01. The molecule has 0 bridgehead atoms. The molecule has 0 radical (unpaired) electrons. The highest BCUT2D eigenvalue weighted by Gasteiger charge is 2.22. The van der Waals surface area contributed by atoms with Gasteiger partial charge in [-0.15, -0.1) is 0 Å². The van der Waals surface area contributed by atoms with E-state index in [2.05, 4.69) is 10.1 Å². The third-order valence-electron chi connectivity index (χ3n) is 1.87. The maximum Gasteiger partial charge on any atom is 0.328 e. The Kier molecular flexibility index (Phi) is 4.26. The van der Waals surface area contributed by atoms with Crippen LogP contribution in [0.5, 0.6) is 0 Å². The lowest BCUT2D eigenvalue weighted by Crippen LogP contribution is -2.41. The smallest absolute Gasteiger partial charge is 0.328 e. The van der Waals surface area contributed by atoms with E-state index in [1.54, 1.807) is 6.07 Å². The molecule has 1 aromatic rings. The third kappa shape index (κ3) is 2.94. The molecule has 1 unspecified atom stereocenters. The minimum Gasteiger partial charge on any atom is -0.467 e. The molecule has 1 N–H and O–H groups in total. The average molecular weight is 225 g/mol. The van der Waals surface area contributed by atoms with Crippen molar-refractivity contribution in [1.82, 2.24) is 5.32 Å². The number of furan rings is 1. The predicted octanol–water partition coefficient (Wildman–Crippen LogP) is 0.140. The number of nitrogens with one attached hydrogen (secondary N) is 1. The molecule has 1 atom stereocenters. The number of carbonyl (C=O) groups excluding carboxylic acids is 3. The Hall–Kier alpha value is -2.11. The van der Waals surface area contributed by atoms with Gasteiger partial charge in [0.2, 0.25) is 0 Å². The largest absolute Gasteiger partial charge is 0.467 e. The zero-order valence-corrected chi connectivity index (χ0v) is 8.64. The number of hydrogen-bond acceptors (Lipinski definition) is 5. The molecule has 0 saturated heterocycles. The molecule has 0 aliphatic heterocycles. The first-order chi connectivity index (χ1) is 7.69. The number of rotatable bonds is 5. The lowest BCUT2D eigenvalue weighted by atomic mass is 10.2. The van der Waals surface area contributed by atoms with Gasteiger partial charge in [0.1, 0.15) is 12.3 Å². The lowest BCUT2D eigenvalue weighted by molar-refractivity contribution is -0.143. The van der Waals surface area contributed by atoms with Gasteiger partial charge in [-0.1, -0.05) is 0 Å². The van der Waals surface area contributed by atoms with Crippen LogP contribution < -0.4 is 5.32 Å². The SMILES string of the molecule is COC(=O)C(CC=O)NC(=O)c1ccco1. The maximum absolute atomic E-state index is 11.5. The van der Waals surface area contributed by atoms with Crippen molar-refractivity contribution in [2.75, 3.05) is 7.11 Å². The minimum atomic E-state index is -0.986. The summed E-state index contributed by atoms with van der Waals surface area (Å²) < 4.78 is 9.28. The van der Waals surface area contributed by atoms with Crippen molar-refractivity contribution in [3.8, 4) is 0 Å². The molecule has 6 heteroatoms. The average Bonchev–Trinajstić information content (AvgIpc) is 2.80. The predicted molar refractivity (Wildman–Crippen MR) is 52.7 cm³/mol. The lowest BCUT2D eigenvalue weighted by Gasteiger charge is -2.12. The van der Waals surface area contributed by atoms with Crippen LogP contribution >= 0.6 is 0 Å². The number of hydrogen-bond donors (Lipinski definition) is 1. The summed E-state index contributed by atoms with van der Waals surface area (Å²) in [5.41, 5.74) is 0. The van der Waals surface area contributed by atoms with Gasteiger partial charge in [-0.25, -0.2) is 4.79 Å². The molecule has 0 aliphatic carbocycles. The number of methoxy groups -OCH3 is 1. The van der Waals surface area contributed by atoms with Crippen molar-refractivity contribution < 1.29 is 23.5 Å². The maximum atomic E-state index is 11.5. The first kappa shape index (κ1) is 12.0. The number of aldehydes is 1. The second-order valence-electron chi connectivity index (χ2n) is 2.93. The van der Waals surface area contributed by atoms with E-state index in [1.165, 1.54) is 19.4 Å². The minimum absolute atomic E-state index is 0.0693. The van der Waals surface area contributed by atoms with E-state index in [9.17, 15) is 14.4 Å². The van der Waals surface area contributed by atoms with Gasteiger partial charge in [-0.3, -0.25) is 4.79 Å². The summed E-state index contributed by atoms with van der Waals surface area (Å²) in [6.45, 7) is 0. The van der Waals surface area contributed by atoms with Crippen molar-refractivity contribution in [2.24, 2.45) is 0 Å². The van der Waals surface area contributed by atoms with Gasteiger partial charge >= 0.3 is 5.97 Å². The highest BCUT2D eigenvalue weighted by atomic mass is 16.5. The van der Waals surface area contributed by atoms with Crippen molar-refractivity contribution in [2.45, 2.75) is 12.5 Å². The van der Waals surface area contributed by atoms with E-state index in [1.807, 2.05) is 0 Å². The van der Waals surface area contributed by atoms with E-state index >= 15 is 0 Å². The molecule has 0 aliphatic rings. The molecule has 0 saturated carbocycles. The monoisotopic (exact) mass is 225 g/mol. The fourth-order valence-corrected chi connectivity index (χ4v) is 1.09. The molecule has 6 nitrogen and oxygen atoms in total. The van der Waals surface area contributed by atoms with Gasteiger partial charge in [-0.2, -0.15) is 0 Å². The van der Waals surface area contributed by atoms with Crippen LogP contribution in [0.25, 0.3) is 0 Å². The molecule has 86 valence electrons. The Morgan fingerprint density at radius 1 is 1.62 bits per heavy atom. The van der Waals surface area contributed by atoms with Crippen molar-refractivity contribution in [3.05, 3.63) is 24.2 Å². The normalized spacial score (nSPS) is 11.6. The van der Waals surface area contributed by atoms with Crippen LogP contribution in [0.3, 0.4) is 0 Å². The number of amides is 1. The van der Waals surface area contributed by atoms with E-state index in [0.29, 0.717) is 6.29 Å². The molecule has 0 aromatic carbocycles. The topological polar surface area (TPSA) is 85.6 Å². The van der Waals surface area contributed by atoms with E-state index in [0.717, 1.165) is 0 Å². The molecular weight excluding hydrogens is 214 g/mol. The molecule has 0 fully saturated rings. The fourth-order valence-electron chi connectivity index (χ4n) is 1.09. The van der Waals surface area contributed by atoms with Crippen molar-refractivity contribution in [1.29, 1.82) is 0 Å². The van der Waals surface area contributed by atoms with Gasteiger partial charge in [0, 0.05) is 6.42 Å². The molecular formula is C10H11NO5. The first-order valence-electron chi connectivity index (χ1n) is 4.55. The molecule has 1 heterocycles. The van der Waals surface area contributed by atoms with Crippen LogP contribution in [0.1, 0.15) is 17.0 Å². The Morgan fingerprint density at radius 3 is 2.88 bits per heavy atom. The molecule has 16 heavy (non-hydrogen) atoms. The van der Waals surface area contributed by atoms with Crippen molar-refractivity contribution >= 4 is 18.2 Å². The summed E-state index contributed by atoms with van der Waals surface area (Å²) in [5.74, 6) is -1.17. The van der Waals surface area contributed by atoms with Gasteiger partial charge < -0.3 is 19.3 Å². The number of ether oxygens (including phenoxy) is 1. The van der Waals surface area contributed by atoms with Crippen LogP contribution in [0, 0.1) is 0 Å². The zero-order valence-electron chi connectivity index (χ0n) is 8.64. The summed E-state index contributed by atoms with van der Waals surface area (Å²) in [7, 11) is 1.18. The molecule has 1 rings (SSSR count). The first-order valence-corrected chi connectivity index (χ1v) is 4.55. The van der Waals surface area contributed by atoms with Crippen LogP contribution in [0.4, 0.5) is 0 Å². The quantitative estimate of drug-likeness (QED) is 0.569. The second-order valence-corrected chi connectivity index (χ2v) is 2.93. The van der Waals surface area contributed by atoms with Gasteiger partial charge in [0.15, 0.2) is 5.76 Å². The summed E-state index contributed by atoms with van der Waals surface area (Å²) in [6, 6.07) is 2.01. The number of carbonyl (C=O) groups is 3. The summed E-state index contributed by atoms with van der Waals surface area (Å²) in [6.07, 6.45) is 1.73. The summed E-state index contributed by atoms with van der Waals surface area (Å²) in [5, 5.41) is 2.33. The molecule has 1 amide bonds. The van der Waals surface area contributed by atoms with Crippen LogP contribution in [-0.4, -0.2) is 31.3 Å². The fraction of sp³-hybridized carbons (Fsp3) is 0.300. The number of esters is 1. The van der Waals surface area contributed by atoms with E-state index < -0.39 is 17.9 Å². The third-order valence-corrected chi connectivity index (χ3v) is 1.87. The standard InChI is InChI=1S/C10H11NO5/c1-15-10(14)7(4-5-12)11-9(13)8-3-2-6-16-8/h2-3,5-7H,4H2,1H3,(H,11,13). The van der Waals surface area contributed by atoms with E-state index in [4.69, 9.17) is 4.42 Å². The van der Waals surface area contributed by atoms with Gasteiger partial charge in [0.25, 0.3) is 5.91 Å². The van der Waals surface area contributed by atoms with Crippen molar-refractivity contribution in [3.63, 3.8) is 0 Å².